The number of carbonyl (C=O) groups is 1. The number of nitrogens with one attached hydrogen (secondary N) is 1. The van der Waals surface area contributed by atoms with Crippen LogP contribution in [0.3, 0.4) is 0 Å². The smallest absolute Gasteiger partial charge is 0.330 e. The first-order chi connectivity index (χ1) is 7.88. The van der Waals surface area contributed by atoms with Gasteiger partial charge in [-0.05, 0) is 25.3 Å². The molecule has 1 heterocycles. The highest BCUT2D eigenvalue weighted by Crippen LogP contribution is 2.32. The Hall–Kier alpha value is -0.780. The SMILES string of the molecule is C[C@@H]1CNC[C@H]1C(=O)N(CC(F)(F)F)C1CC1. The molecule has 3 nitrogen and oxygen atoms in total. The van der Waals surface area contributed by atoms with E-state index in [0.29, 0.717) is 25.9 Å². The molecule has 0 radical (unpaired) electrons. The van der Waals surface area contributed by atoms with Crippen molar-refractivity contribution in [3.63, 3.8) is 0 Å². The van der Waals surface area contributed by atoms with E-state index >= 15 is 0 Å². The number of alkyl halides is 3. The first-order valence-electron chi connectivity index (χ1n) is 5.96. The van der Waals surface area contributed by atoms with Crippen LogP contribution in [0.1, 0.15) is 19.8 Å². The summed E-state index contributed by atoms with van der Waals surface area (Å²) in [4.78, 5) is 13.1. The van der Waals surface area contributed by atoms with E-state index in [9.17, 15) is 18.0 Å². The second-order valence-corrected chi connectivity index (χ2v) is 5.05. The monoisotopic (exact) mass is 250 g/mol. The highest BCUT2D eigenvalue weighted by atomic mass is 19.4. The lowest BCUT2D eigenvalue weighted by Crippen LogP contribution is -2.45. The van der Waals surface area contributed by atoms with Gasteiger partial charge in [0.05, 0.1) is 5.92 Å². The fraction of sp³-hybridized carbons (Fsp3) is 0.909. The molecule has 2 aliphatic rings. The second-order valence-electron chi connectivity index (χ2n) is 5.05. The third kappa shape index (κ3) is 3.12. The predicted molar refractivity (Wildman–Crippen MR) is 56.3 cm³/mol. The van der Waals surface area contributed by atoms with E-state index in [0.717, 1.165) is 4.90 Å². The van der Waals surface area contributed by atoms with Crippen molar-refractivity contribution in [3.05, 3.63) is 0 Å². The molecule has 0 aromatic carbocycles. The number of nitrogens with zero attached hydrogens (tertiary/aromatic N) is 1. The van der Waals surface area contributed by atoms with Gasteiger partial charge in [-0.3, -0.25) is 4.79 Å². The minimum atomic E-state index is -4.30. The first-order valence-corrected chi connectivity index (χ1v) is 5.96. The molecular weight excluding hydrogens is 233 g/mol. The van der Waals surface area contributed by atoms with E-state index in [-0.39, 0.29) is 23.8 Å². The lowest BCUT2D eigenvalue weighted by molar-refractivity contribution is -0.165. The Morgan fingerprint density at radius 1 is 1.35 bits per heavy atom. The Kier molecular flexibility index (Phi) is 3.34. The molecule has 1 aliphatic carbocycles. The fourth-order valence-corrected chi connectivity index (χ4v) is 2.32. The van der Waals surface area contributed by atoms with Crippen molar-refractivity contribution >= 4 is 5.91 Å². The van der Waals surface area contributed by atoms with Gasteiger partial charge in [0.25, 0.3) is 0 Å². The quantitative estimate of drug-likeness (QED) is 0.821. The van der Waals surface area contributed by atoms with E-state index in [1.165, 1.54) is 0 Å². The summed E-state index contributed by atoms with van der Waals surface area (Å²) in [5.41, 5.74) is 0. The van der Waals surface area contributed by atoms with E-state index in [2.05, 4.69) is 5.32 Å². The number of rotatable bonds is 3. The number of hydrogen-bond donors (Lipinski definition) is 1. The Labute approximate surface area is 98.3 Å². The van der Waals surface area contributed by atoms with Gasteiger partial charge in [-0.2, -0.15) is 13.2 Å². The summed E-state index contributed by atoms with van der Waals surface area (Å²) >= 11 is 0. The zero-order valence-corrected chi connectivity index (χ0v) is 9.76. The Morgan fingerprint density at radius 2 is 2.00 bits per heavy atom. The normalized spacial score (nSPS) is 29.4. The average molecular weight is 250 g/mol. The maximum Gasteiger partial charge on any atom is 0.406 e. The van der Waals surface area contributed by atoms with Crippen LogP contribution in [0.5, 0.6) is 0 Å². The number of carbonyl (C=O) groups excluding carboxylic acids is 1. The van der Waals surface area contributed by atoms with Crippen molar-refractivity contribution < 1.29 is 18.0 Å². The van der Waals surface area contributed by atoms with Crippen LogP contribution in [0.25, 0.3) is 0 Å². The molecule has 1 saturated carbocycles. The maximum atomic E-state index is 12.4. The standard InChI is InChI=1S/C11H17F3N2O/c1-7-4-15-5-9(7)10(17)16(8-2-3-8)6-11(12,13)14/h7-9,15H,2-6H2,1H3/t7-,9-/m1/s1. The number of halogens is 3. The Morgan fingerprint density at radius 3 is 2.41 bits per heavy atom. The summed E-state index contributed by atoms with van der Waals surface area (Å²) < 4.78 is 37.3. The second kappa shape index (κ2) is 4.48. The largest absolute Gasteiger partial charge is 0.406 e. The molecule has 0 aromatic rings. The van der Waals surface area contributed by atoms with Crippen molar-refractivity contribution in [1.29, 1.82) is 0 Å². The molecule has 0 spiro atoms. The molecule has 0 unspecified atom stereocenters. The Bertz CT molecular complexity index is 302. The molecule has 17 heavy (non-hydrogen) atoms. The molecule has 1 aliphatic heterocycles. The van der Waals surface area contributed by atoms with Crippen LogP contribution in [-0.4, -0.2) is 42.7 Å². The molecule has 1 saturated heterocycles. The van der Waals surface area contributed by atoms with Gasteiger partial charge in [0.1, 0.15) is 6.54 Å². The molecule has 2 rings (SSSR count). The van der Waals surface area contributed by atoms with Crippen molar-refractivity contribution in [2.45, 2.75) is 32.0 Å². The van der Waals surface area contributed by atoms with Gasteiger partial charge in [-0.25, -0.2) is 0 Å². The van der Waals surface area contributed by atoms with Crippen LogP contribution in [0.2, 0.25) is 0 Å². The molecule has 2 fully saturated rings. The zero-order valence-electron chi connectivity index (χ0n) is 9.76. The Balaban J connectivity index is 2.02. The van der Waals surface area contributed by atoms with E-state index in [1.54, 1.807) is 0 Å². The van der Waals surface area contributed by atoms with Crippen LogP contribution < -0.4 is 5.32 Å². The minimum Gasteiger partial charge on any atom is -0.330 e. The third-order valence-corrected chi connectivity index (χ3v) is 3.46. The summed E-state index contributed by atoms with van der Waals surface area (Å²) in [6, 6.07) is -0.183. The van der Waals surface area contributed by atoms with Crippen molar-refractivity contribution in [3.8, 4) is 0 Å². The van der Waals surface area contributed by atoms with Crippen LogP contribution in [0.4, 0.5) is 13.2 Å². The maximum absolute atomic E-state index is 12.4. The molecule has 98 valence electrons. The summed E-state index contributed by atoms with van der Waals surface area (Å²) in [7, 11) is 0. The van der Waals surface area contributed by atoms with Gasteiger partial charge >= 0.3 is 6.18 Å². The van der Waals surface area contributed by atoms with Crippen molar-refractivity contribution in [1.82, 2.24) is 10.2 Å². The van der Waals surface area contributed by atoms with Gasteiger partial charge in [-0.15, -0.1) is 0 Å². The lowest BCUT2D eigenvalue weighted by atomic mass is 9.96. The molecule has 0 bridgehead atoms. The molecule has 1 N–H and O–H groups in total. The van der Waals surface area contributed by atoms with Crippen LogP contribution in [-0.2, 0) is 4.79 Å². The summed E-state index contributed by atoms with van der Waals surface area (Å²) in [5.74, 6) is -0.503. The molecule has 0 aromatic heterocycles. The molecule has 1 amide bonds. The predicted octanol–water partition coefficient (Wildman–Crippen LogP) is 1.40. The van der Waals surface area contributed by atoms with E-state index in [1.807, 2.05) is 6.92 Å². The van der Waals surface area contributed by atoms with Gasteiger partial charge in [0, 0.05) is 12.6 Å². The summed E-state index contributed by atoms with van der Waals surface area (Å²) in [6.45, 7) is 2.02. The van der Waals surface area contributed by atoms with Gasteiger partial charge in [0.2, 0.25) is 5.91 Å². The zero-order chi connectivity index (χ0) is 12.6. The van der Waals surface area contributed by atoms with Gasteiger partial charge in [-0.1, -0.05) is 6.92 Å². The third-order valence-electron chi connectivity index (χ3n) is 3.46. The molecular formula is C11H17F3N2O. The minimum absolute atomic E-state index is 0.122. The topological polar surface area (TPSA) is 32.3 Å². The highest BCUT2D eigenvalue weighted by molar-refractivity contribution is 5.80. The summed E-state index contributed by atoms with van der Waals surface area (Å²) in [6.07, 6.45) is -2.89. The summed E-state index contributed by atoms with van der Waals surface area (Å²) in [5, 5.41) is 3.05. The van der Waals surface area contributed by atoms with E-state index in [4.69, 9.17) is 0 Å². The highest BCUT2D eigenvalue weighted by Gasteiger charge is 2.44. The van der Waals surface area contributed by atoms with E-state index < -0.39 is 12.7 Å². The van der Waals surface area contributed by atoms with Gasteiger partial charge in [0.15, 0.2) is 0 Å². The fourth-order valence-electron chi connectivity index (χ4n) is 2.32. The van der Waals surface area contributed by atoms with Crippen LogP contribution >= 0.6 is 0 Å². The lowest BCUT2D eigenvalue weighted by Gasteiger charge is -2.27. The number of amides is 1. The molecule has 6 heteroatoms. The van der Waals surface area contributed by atoms with Crippen molar-refractivity contribution in [2.24, 2.45) is 11.8 Å². The van der Waals surface area contributed by atoms with Crippen LogP contribution in [0.15, 0.2) is 0 Å². The van der Waals surface area contributed by atoms with Crippen LogP contribution in [0, 0.1) is 11.8 Å². The molecule has 2 atom stereocenters. The average Bonchev–Trinajstić information content (AvgIpc) is 2.96. The van der Waals surface area contributed by atoms with Gasteiger partial charge < -0.3 is 10.2 Å². The number of hydrogen-bond acceptors (Lipinski definition) is 2. The van der Waals surface area contributed by atoms with Crippen molar-refractivity contribution in [2.75, 3.05) is 19.6 Å². The first kappa shape index (κ1) is 12.7.